The summed E-state index contributed by atoms with van der Waals surface area (Å²) in [5.74, 6) is 0.929. The summed E-state index contributed by atoms with van der Waals surface area (Å²) in [6, 6.07) is 4.93. The van der Waals surface area contributed by atoms with Crippen LogP contribution >= 0.6 is 0 Å². The highest BCUT2D eigenvalue weighted by Crippen LogP contribution is 2.34. The topological polar surface area (TPSA) is 105 Å². The third-order valence-corrected chi connectivity index (χ3v) is 8.88. The quantitative estimate of drug-likeness (QED) is 0.523. The molecule has 0 saturated carbocycles. The van der Waals surface area contributed by atoms with Gasteiger partial charge in [-0.25, -0.2) is 13.1 Å². The van der Waals surface area contributed by atoms with Crippen molar-refractivity contribution in [3.05, 3.63) is 36.0 Å². The normalized spacial score (nSPS) is 22.9. The Kier molecular flexibility index (Phi) is 5.99. The van der Waals surface area contributed by atoms with Gasteiger partial charge in [0, 0.05) is 38.3 Å². The standard InChI is InChI=1S/C23H26F3N7O3S/c24-23(25,26)15-2-1-3-17(10-15)33-21-19(11-27-33)20(32-12-18(13-32)31-5-7-36-8-6-31)29-22(30-21)28-16-4-9-37(34,35)14-16/h1-3,10-11,16,18H,4-9,12-14H2,(H,28,29,30)/t16-/m1/s1. The van der Waals surface area contributed by atoms with E-state index in [-0.39, 0.29) is 29.2 Å². The molecule has 1 atom stereocenters. The highest BCUT2D eigenvalue weighted by Gasteiger charge is 2.36. The second kappa shape index (κ2) is 9.10. The van der Waals surface area contributed by atoms with Gasteiger partial charge >= 0.3 is 6.18 Å². The van der Waals surface area contributed by atoms with E-state index in [0.717, 1.165) is 38.3 Å². The summed E-state index contributed by atoms with van der Waals surface area (Å²) in [5.41, 5.74) is -0.213. The van der Waals surface area contributed by atoms with Crippen molar-refractivity contribution < 1.29 is 26.3 Å². The predicted molar refractivity (Wildman–Crippen MR) is 131 cm³/mol. The van der Waals surface area contributed by atoms with Gasteiger partial charge in [-0.2, -0.15) is 28.2 Å². The summed E-state index contributed by atoms with van der Waals surface area (Å²) in [7, 11) is -3.13. The number of nitrogens with zero attached hydrogens (tertiary/aromatic N) is 6. The van der Waals surface area contributed by atoms with E-state index in [1.807, 2.05) is 0 Å². The molecule has 2 aromatic heterocycles. The van der Waals surface area contributed by atoms with E-state index in [1.54, 1.807) is 6.20 Å². The van der Waals surface area contributed by atoms with Gasteiger partial charge in [0.2, 0.25) is 5.95 Å². The van der Waals surface area contributed by atoms with Crippen molar-refractivity contribution in [2.45, 2.75) is 24.7 Å². The van der Waals surface area contributed by atoms with Gasteiger partial charge in [-0.05, 0) is 24.6 Å². The van der Waals surface area contributed by atoms with Gasteiger partial charge in [0.15, 0.2) is 15.5 Å². The lowest BCUT2D eigenvalue weighted by Crippen LogP contribution is -2.61. The van der Waals surface area contributed by atoms with Gasteiger partial charge in [0.1, 0.15) is 5.82 Å². The minimum Gasteiger partial charge on any atom is -0.379 e. The fourth-order valence-electron chi connectivity index (χ4n) is 5.09. The van der Waals surface area contributed by atoms with Crippen molar-refractivity contribution >= 4 is 32.6 Å². The number of halogens is 3. The minimum atomic E-state index is -4.49. The molecule has 10 nitrogen and oxygen atoms in total. The number of rotatable bonds is 5. The number of ether oxygens (including phenoxy) is 1. The molecule has 3 saturated heterocycles. The maximum absolute atomic E-state index is 13.4. The smallest absolute Gasteiger partial charge is 0.379 e. The van der Waals surface area contributed by atoms with Crippen molar-refractivity contribution in [1.29, 1.82) is 0 Å². The van der Waals surface area contributed by atoms with Crippen LogP contribution in [0.1, 0.15) is 12.0 Å². The van der Waals surface area contributed by atoms with Crippen LogP contribution in [0.4, 0.5) is 24.9 Å². The van der Waals surface area contributed by atoms with E-state index in [4.69, 9.17) is 9.72 Å². The van der Waals surface area contributed by atoms with Crippen LogP contribution in [-0.4, -0.2) is 96.0 Å². The monoisotopic (exact) mass is 537 g/mol. The molecule has 0 bridgehead atoms. The number of nitrogens with one attached hydrogen (secondary N) is 1. The number of morpholine rings is 1. The van der Waals surface area contributed by atoms with E-state index >= 15 is 0 Å². The molecule has 0 radical (unpaired) electrons. The number of hydrogen-bond donors (Lipinski definition) is 1. The van der Waals surface area contributed by atoms with Crippen LogP contribution in [-0.2, 0) is 20.8 Å². The number of hydrogen-bond acceptors (Lipinski definition) is 9. The molecule has 3 aromatic rings. The summed E-state index contributed by atoms with van der Waals surface area (Å²) in [6.07, 6.45) is -2.49. The van der Waals surface area contributed by atoms with E-state index < -0.39 is 21.6 Å². The SMILES string of the molecule is O=S1(=O)CC[C@@H](Nc2nc(N3CC(N4CCOCC4)C3)c3cnn(-c4cccc(C(F)(F)F)c4)c3n2)C1. The van der Waals surface area contributed by atoms with E-state index in [1.165, 1.54) is 16.8 Å². The van der Waals surface area contributed by atoms with Gasteiger partial charge in [0.05, 0.1) is 47.6 Å². The number of aromatic nitrogens is 4. The van der Waals surface area contributed by atoms with Crippen LogP contribution in [0.3, 0.4) is 0 Å². The Hall–Kier alpha value is -2.97. The highest BCUT2D eigenvalue weighted by molar-refractivity contribution is 7.91. The highest BCUT2D eigenvalue weighted by atomic mass is 32.2. The van der Waals surface area contributed by atoms with Gasteiger partial charge in [-0.15, -0.1) is 0 Å². The molecule has 1 N–H and O–H groups in total. The van der Waals surface area contributed by atoms with Gasteiger partial charge in [0.25, 0.3) is 0 Å². The van der Waals surface area contributed by atoms with Crippen LogP contribution in [0.5, 0.6) is 0 Å². The summed E-state index contributed by atoms with van der Waals surface area (Å²) in [4.78, 5) is 13.8. The Balaban J connectivity index is 1.36. The van der Waals surface area contributed by atoms with Crippen LogP contribution in [0, 0.1) is 0 Å². The van der Waals surface area contributed by atoms with Crippen LogP contribution in [0.25, 0.3) is 16.7 Å². The molecule has 1 aromatic carbocycles. The van der Waals surface area contributed by atoms with Crippen molar-refractivity contribution in [3.63, 3.8) is 0 Å². The minimum absolute atomic E-state index is 0.0144. The first kappa shape index (κ1) is 24.4. The molecule has 5 heterocycles. The summed E-state index contributed by atoms with van der Waals surface area (Å²) < 4.78 is 70.8. The molecule has 6 rings (SSSR count). The van der Waals surface area contributed by atoms with Crippen molar-refractivity contribution in [2.24, 2.45) is 0 Å². The number of fused-ring (bicyclic) bond motifs is 1. The number of sulfone groups is 1. The second-order valence-electron chi connectivity index (χ2n) is 9.66. The largest absolute Gasteiger partial charge is 0.416 e. The van der Waals surface area contributed by atoms with Crippen molar-refractivity contribution in [1.82, 2.24) is 24.6 Å². The molecule has 37 heavy (non-hydrogen) atoms. The average molecular weight is 538 g/mol. The van der Waals surface area contributed by atoms with Crippen LogP contribution < -0.4 is 10.2 Å². The number of benzene rings is 1. The van der Waals surface area contributed by atoms with Crippen LogP contribution in [0.15, 0.2) is 30.5 Å². The molecular formula is C23H26F3N7O3S. The van der Waals surface area contributed by atoms with E-state index in [9.17, 15) is 21.6 Å². The fraction of sp³-hybridized carbons (Fsp3) is 0.522. The molecule has 14 heteroatoms. The zero-order valence-corrected chi connectivity index (χ0v) is 20.7. The first-order valence-corrected chi connectivity index (χ1v) is 14.0. The molecular weight excluding hydrogens is 511 g/mol. The Morgan fingerprint density at radius 3 is 2.59 bits per heavy atom. The molecule has 3 aliphatic rings. The summed E-state index contributed by atoms with van der Waals surface area (Å²) in [6.45, 7) is 4.62. The lowest BCUT2D eigenvalue weighted by atomic mass is 10.1. The summed E-state index contributed by atoms with van der Waals surface area (Å²) in [5, 5.41) is 8.11. The zero-order valence-electron chi connectivity index (χ0n) is 19.9. The van der Waals surface area contributed by atoms with Gasteiger partial charge in [-0.3, -0.25) is 4.90 Å². The number of anilines is 2. The maximum Gasteiger partial charge on any atom is 0.416 e. The summed E-state index contributed by atoms with van der Waals surface area (Å²) >= 11 is 0. The molecule has 0 amide bonds. The lowest BCUT2D eigenvalue weighted by molar-refractivity contribution is -0.137. The molecule has 3 fully saturated rings. The zero-order chi connectivity index (χ0) is 25.8. The molecule has 198 valence electrons. The maximum atomic E-state index is 13.4. The van der Waals surface area contributed by atoms with E-state index in [0.29, 0.717) is 42.5 Å². The van der Waals surface area contributed by atoms with Crippen molar-refractivity contribution in [2.75, 3.05) is 61.1 Å². The fourth-order valence-corrected chi connectivity index (χ4v) is 6.77. The third-order valence-electron chi connectivity index (χ3n) is 7.12. The lowest BCUT2D eigenvalue weighted by Gasteiger charge is -2.47. The Morgan fingerprint density at radius 2 is 1.89 bits per heavy atom. The van der Waals surface area contributed by atoms with Crippen molar-refractivity contribution in [3.8, 4) is 5.69 Å². The molecule has 0 spiro atoms. The molecule has 0 aliphatic carbocycles. The molecule has 0 unspecified atom stereocenters. The first-order chi connectivity index (χ1) is 17.7. The van der Waals surface area contributed by atoms with Crippen LogP contribution in [0.2, 0.25) is 0 Å². The average Bonchev–Trinajstić information content (AvgIpc) is 3.41. The Bertz CT molecular complexity index is 1420. The Labute approximate surface area is 211 Å². The molecule has 3 aliphatic heterocycles. The third kappa shape index (κ3) is 4.84. The van der Waals surface area contributed by atoms with Gasteiger partial charge < -0.3 is 15.0 Å². The van der Waals surface area contributed by atoms with Gasteiger partial charge in [-0.1, -0.05) is 6.07 Å². The Morgan fingerprint density at radius 1 is 1.11 bits per heavy atom. The number of alkyl halides is 3. The predicted octanol–water partition coefficient (Wildman–Crippen LogP) is 1.95. The van der Waals surface area contributed by atoms with E-state index in [2.05, 4.69) is 25.2 Å². The second-order valence-corrected chi connectivity index (χ2v) is 11.9. The first-order valence-electron chi connectivity index (χ1n) is 12.1.